The zero-order valence-electron chi connectivity index (χ0n) is 10.5. The van der Waals surface area contributed by atoms with Crippen molar-refractivity contribution in [2.75, 3.05) is 13.1 Å². The molecule has 2 N–H and O–H groups in total. The number of rotatable bonds is 1. The van der Waals surface area contributed by atoms with Gasteiger partial charge < -0.3 is 10.6 Å². The van der Waals surface area contributed by atoms with Crippen molar-refractivity contribution in [3.8, 4) is 0 Å². The molecule has 16 heavy (non-hydrogen) atoms. The largest absolute Gasteiger partial charge is 0.341 e. The zero-order chi connectivity index (χ0) is 11.8. The highest BCUT2D eigenvalue weighted by Crippen LogP contribution is 2.31. The van der Waals surface area contributed by atoms with E-state index in [9.17, 15) is 4.79 Å². The van der Waals surface area contributed by atoms with Crippen molar-refractivity contribution >= 4 is 5.91 Å². The lowest BCUT2D eigenvalue weighted by molar-refractivity contribution is -0.139. The summed E-state index contributed by atoms with van der Waals surface area (Å²) in [6, 6.07) is 0. The summed E-state index contributed by atoms with van der Waals surface area (Å²) in [5.41, 5.74) is 5.70. The van der Waals surface area contributed by atoms with Crippen LogP contribution in [0.1, 0.15) is 46.0 Å². The molecule has 3 heteroatoms. The number of carbonyl (C=O) groups excluding carboxylic acids is 1. The van der Waals surface area contributed by atoms with Crippen LogP contribution >= 0.6 is 0 Å². The van der Waals surface area contributed by atoms with E-state index in [4.69, 9.17) is 5.73 Å². The molecule has 2 atom stereocenters. The number of piperidine rings is 1. The highest BCUT2D eigenvalue weighted by atomic mass is 16.2. The van der Waals surface area contributed by atoms with Gasteiger partial charge in [0.1, 0.15) is 0 Å². The minimum Gasteiger partial charge on any atom is -0.341 e. The Balaban J connectivity index is 2.03. The quantitative estimate of drug-likeness (QED) is 0.737. The Labute approximate surface area is 98.4 Å². The van der Waals surface area contributed by atoms with Crippen molar-refractivity contribution in [3.05, 3.63) is 0 Å². The highest BCUT2D eigenvalue weighted by Gasteiger charge is 2.41. The molecule has 1 saturated heterocycles. The summed E-state index contributed by atoms with van der Waals surface area (Å²) in [5.74, 6) is 1.46. The van der Waals surface area contributed by atoms with Gasteiger partial charge in [-0.2, -0.15) is 0 Å². The topological polar surface area (TPSA) is 46.3 Å². The molecule has 2 fully saturated rings. The second-order valence-electron chi connectivity index (χ2n) is 6.02. The molecule has 2 aliphatic rings. The molecular formula is C13H24N2O. The molecule has 1 saturated carbocycles. The van der Waals surface area contributed by atoms with Crippen molar-refractivity contribution in [2.24, 2.45) is 17.6 Å². The number of likely N-dealkylation sites (tertiary alicyclic amines) is 1. The normalized spacial score (nSPS) is 34.1. The maximum Gasteiger partial charge on any atom is 0.242 e. The summed E-state index contributed by atoms with van der Waals surface area (Å²) in [5, 5.41) is 0. The van der Waals surface area contributed by atoms with Crippen LogP contribution in [0.3, 0.4) is 0 Å². The molecule has 3 nitrogen and oxygen atoms in total. The van der Waals surface area contributed by atoms with Gasteiger partial charge >= 0.3 is 0 Å². The number of amides is 1. The summed E-state index contributed by atoms with van der Waals surface area (Å²) >= 11 is 0. The number of nitrogens with two attached hydrogens (primary N) is 1. The summed E-state index contributed by atoms with van der Waals surface area (Å²) in [6.07, 6.45) is 5.22. The standard InChI is InChI=1S/C13H24N2O/c1-10-7-11(2)9-15(8-10)12(16)13(14)5-3-4-6-13/h10-11H,3-9,14H2,1-2H3. The number of hydrogen-bond donors (Lipinski definition) is 1. The monoisotopic (exact) mass is 224 g/mol. The van der Waals surface area contributed by atoms with E-state index in [-0.39, 0.29) is 5.91 Å². The van der Waals surface area contributed by atoms with Gasteiger partial charge in [0, 0.05) is 13.1 Å². The minimum atomic E-state index is -0.531. The molecule has 92 valence electrons. The fourth-order valence-electron chi connectivity index (χ4n) is 3.36. The third-order valence-electron chi connectivity index (χ3n) is 4.08. The van der Waals surface area contributed by atoms with Crippen molar-refractivity contribution in [2.45, 2.75) is 51.5 Å². The lowest BCUT2D eigenvalue weighted by Crippen LogP contribution is -2.56. The molecule has 0 spiro atoms. The molecule has 2 rings (SSSR count). The van der Waals surface area contributed by atoms with E-state index in [2.05, 4.69) is 13.8 Å². The first-order valence-electron chi connectivity index (χ1n) is 6.59. The first kappa shape index (κ1) is 11.9. The van der Waals surface area contributed by atoms with Gasteiger partial charge in [-0.05, 0) is 31.1 Å². The van der Waals surface area contributed by atoms with E-state index in [1.165, 1.54) is 6.42 Å². The average molecular weight is 224 g/mol. The van der Waals surface area contributed by atoms with E-state index >= 15 is 0 Å². The Morgan fingerprint density at radius 2 is 1.69 bits per heavy atom. The Bertz CT molecular complexity index is 261. The van der Waals surface area contributed by atoms with Crippen LogP contribution in [0.4, 0.5) is 0 Å². The van der Waals surface area contributed by atoms with Gasteiger partial charge in [-0.3, -0.25) is 4.79 Å². The fraction of sp³-hybridized carbons (Fsp3) is 0.923. The van der Waals surface area contributed by atoms with E-state index in [1.807, 2.05) is 4.90 Å². The first-order chi connectivity index (χ1) is 7.51. The maximum absolute atomic E-state index is 12.4. The van der Waals surface area contributed by atoms with Crippen molar-refractivity contribution in [1.29, 1.82) is 0 Å². The summed E-state index contributed by atoms with van der Waals surface area (Å²) in [4.78, 5) is 14.4. The SMILES string of the molecule is CC1CC(C)CN(C(=O)C2(N)CCCC2)C1. The summed E-state index contributed by atoms with van der Waals surface area (Å²) in [6.45, 7) is 6.27. The van der Waals surface area contributed by atoms with Crippen LogP contribution in [-0.4, -0.2) is 29.4 Å². The number of hydrogen-bond acceptors (Lipinski definition) is 2. The predicted molar refractivity (Wildman–Crippen MR) is 64.9 cm³/mol. The molecule has 1 aliphatic heterocycles. The van der Waals surface area contributed by atoms with E-state index in [0.29, 0.717) is 11.8 Å². The highest BCUT2D eigenvalue weighted by molar-refractivity contribution is 5.86. The van der Waals surface area contributed by atoms with E-state index in [1.54, 1.807) is 0 Å². The molecular weight excluding hydrogens is 200 g/mol. The van der Waals surface area contributed by atoms with Gasteiger partial charge in [0.2, 0.25) is 5.91 Å². The van der Waals surface area contributed by atoms with E-state index in [0.717, 1.165) is 38.8 Å². The second kappa shape index (κ2) is 4.36. The van der Waals surface area contributed by atoms with Crippen LogP contribution in [0.25, 0.3) is 0 Å². The number of carbonyl (C=O) groups is 1. The van der Waals surface area contributed by atoms with Crippen LogP contribution in [0, 0.1) is 11.8 Å². The van der Waals surface area contributed by atoms with Gasteiger partial charge in [-0.1, -0.05) is 26.7 Å². The average Bonchev–Trinajstić information content (AvgIpc) is 2.64. The van der Waals surface area contributed by atoms with Gasteiger partial charge in [-0.15, -0.1) is 0 Å². The van der Waals surface area contributed by atoms with Crippen molar-refractivity contribution < 1.29 is 4.79 Å². The van der Waals surface area contributed by atoms with Crippen LogP contribution in [0.15, 0.2) is 0 Å². The Hall–Kier alpha value is -0.570. The Morgan fingerprint density at radius 1 is 1.19 bits per heavy atom. The molecule has 1 amide bonds. The Morgan fingerprint density at radius 3 is 2.19 bits per heavy atom. The molecule has 0 aromatic rings. The van der Waals surface area contributed by atoms with Crippen LogP contribution in [0.5, 0.6) is 0 Å². The number of nitrogens with zero attached hydrogens (tertiary/aromatic N) is 1. The van der Waals surface area contributed by atoms with E-state index < -0.39 is 5.54 Å². The van der Waals surface area contributed by atoms with Gasteiger partial charge in [-0.25, -0.2) is 0 Å². The van der Waals surface area contributed by atoms with Crippen LogP contribution < -0.4 is 5.73 Å². The van der Waals surface area contributed by atoms with Gasteiger partial charge in [0.15, 0.2) is 0 Å². The minimum absolute atomic E-state index is 0.211. The molecule has 0 bridgehead atoms. The fourth-order valence-corrected chi connectivity index (χ4v) is 3.36. The lowest BCUT2D eigenvalue weighted by atomic mass is 9.89. The summed E-state index contributed by atoms with van der Waals surface area (Å²) in [7, 11) is 0. The second-order valence-corrected chi connectivity index (χ2v) is 6.02. The molecule has 0 radical (unpaired) electrons. The van der Waals surface area contributed by atoms with Crippen LogP contribution in [-0.2, 0) is 4.79 Å². The smallest absolute Gasteiger partial charge is 0.242 e. The van der Waals surface area contributed by atoms with Crippen molar-refractivity contribution in [3.63, 3.8) is 0 Å². The maximum atomic E-state index is 12.4. The van der Waals surface area contributed by atoms with Crippen LogP contribution in [0.2, 0.25) is 0 Å². The third-order valence-corrected chi connectivity index (χ3v) is 4.08. The molecule has 1 heterocycles. The van der Waals surface area contributed by atoms with Gasteiger partial charge in [0.25, 0.3) is 0 Å². The van der Waals surface area contributed by atoms with Gasteiger partial charge in [0.05, 0.1) is 5.54 Å². The third kappa shape index (κ3) is 2.24. The first-order valence-corrected chi connectivity index (χ1v) is 6.59. The Kier molecular flexibility index (Phi) is 3.24. The lowest BCUT2D eigenvalue weighted by Gasteiger charge is -2.39. The zero-order valence-corrected chi connectivity index (χ0v) is 10.5. The molecule has 0 aromatic carbocycles. The predicted octanol–water partition coefficient (Wildman–Crippen LogP) is 1.76. The molecule has 1 aliphatic carbocycles. The summed E-state index contributed by atoms with van der Waals surface area (Å²) < 4.78 is 0. The van der Waals surface area contributed by atoms with Crippen molar-refractivity contribution in [1.82, 2.24) is 4.90 Å². The molecule has 0 aromatic heterocycles. The molecule has 2 unspecified atom stereocenters.